The summed E-state index contributed by atoms with van der Waals surface area (Å²) in [6.45, 7) is 13.2. The zero-order valence-corrected chi connectivity index (χ0v) is 25.6. The molecule has 0 unspecified atom stereocenters. The van der Waals surface area contributed by atoms with Gasteiger partial charge in [0.2, 0.25) is 10.0 Å². The van der Waals surface area contributed by atoms with Crippen molar-refractivity contribution in [2.24, 2.45) is 11.8 Å². The van der Waals surface area contributed by atoms with Crippen molar-refractivity contribution in [1.82, 2.24) is 19.5 Å². The molecule has 0 atom stereocenters. The highest BCUT2D eigenvalue weighted by Gasteiger charge is 2.26. The molecule has 222 valence electrons. The van der Waals surface area contributed by atoms with Crippen molar-refractivity contribution in [3.05, 3.63) is 58.1 Å². The number of benzene rings is 2. The second-order valence-electron chi connectivity index (χ2n) is 11.1. The van der Waals surface area contributed by atoms with Crippen LogP contribution in [0.25, 0.3) is 10.2 Å². The highest BCUT2D eigenvalue weighted by molar-refractivity contribution is 7.89. The number of hydrogen-bond donors (Lipinski definition) is 1. The first kappa shape index (κ1) is 30.8. The molecular weight excluding hydrogens is 564 g/mol. The Kier molecular flexibility index (Phi) is 9.95. The molecule has 2 aromatic carbocycles. The van der Waals surface area contributed by atoms with Crippen LogP contribution in [-0.2, 0) is 10.0 Å². The smallest absolute Gasteiger partial charge is 0.270 e. The van der Waals surface area contributed by atoms with Crippen molar-refractivity contribution in [2.45, 2.75) is 32.6 Å². The van der Waals surface area contributed by atoms with E-state index in [1.165, 1.54) is 33.8 Å². The number of aromatic nitrogens is 1. The lowest BCUT2D eigenvalue weighted by Crippen LogP contribution is -2.48. The van der Waals surface area contributed by atoms with Crippen LogP contribution in [0.1, 0.15) is 38.1 Å². The predicted molar refractivity (Wildman–Crippen MR) is 162 cm³/mol. The number of thiazole rings is 1. The fraction of sp³-hybridized carbons (Fsp3) is 0.500. The SMILES string of the molecule is CC(C)CN(CC(C)C)S(=O)(=O)c1ccc(C(=O)NCCN2CCN(c3nc4ccc([N+](=O)[O-])cc4s3)CC2)cc1. The van der Waals surface area contributed by atoms with E-state index >= 15 is 0 Å². The number of nitro benzene ring substituents is 1. The molecule has 41 heavy (non-hydrogen) atoms. The molecule has 1 fully saturated rings. The van der Waals surface area contributed by atoms with E-state index in [4.69, 9.17) is 0 Å². The number of carbonyl (C=O) groups is 1. The molecule has 11 nitrogen and oxygen atoms in total. The molecule has 3 aromatic rings. The summed E-state index contributed by atoms with van der Waals surface area (Å²) < 4.78 is 28.8. The van der Waals surface area contributed by atoms with E-state index < -0.39 is 14.9 Å². The molecule has 1 amide bonds. The van der Waals surface area contributed by atoms with Gasteiger partial charge in [0, 0.05) is 70.1 Å². The second kappa shape index (κ2) is 13.2. The van der Waals surface area contributed by atoms with E-state index in [0.717, 1.165) is 41.5 Å². The number of nitrogens with zero attached hydrogens (tertiary/aromatic N) is 5. The van der Waals surface area contributed by atoms with E-state index in [-0.39, 0.29) is 28.3 Å². The number of fused-ring (bicyclic) bond motifs is 1. The Balaban J connectivity index is 1.26. The van der Waals surface area contributed by atoms with Crippen molar-refractivity contribution in [2.75, 3.05) is 57.3 Å². The third kappa shape index (κ3) is 7.79. The topological polar surface area (TPSA) is 129 Å². The summed E-state index contributed by atoms with van der Waals surface area (Å²) in [5.41, 5.74) is 1.24. The Morgan fingerprint density at radius 2 is 1.68 bits per heavy atom. The number of amides is 1. The third-order valence-electron chi connectivity index (χ3n) is 6.82. The number of non-ortho nitro benzene ring substituents is 1. The van der Waals surface area contributed by atoms with Gasteiger partial charge in [-0.1, -0.05) is 39.0 Å². The number of piperazine rings is 1. The highest BCUT2D eigenvalue weighted by Crippen LogP contribution is 2.31. The van der Waals surface area contributed by atoms with Gasteiger partial charge >= 0.3 is 0 Å². The molecule has 13 heteroatoms. The lowest BCUT2D eigenvalue weighted by molar-refractivity contribution is -0.384. The van der Waals surface area contributed by atoms with Gasteiger partial charge in [0.25, 0.3) is 11.6 Å². The summed E-state index contributed by atoms with van der Waals surface area (Å²) in [7, 11) is -3.64. The summed E-state index contributed by atoms with van der Waals surface area (Å²) >= 11 is 1.46. The molecule has 1 aliphatic heterocycles. The summed E-state index contributed by atoms with van der Waals surface area (Å²) in [6, 6.07) is 10.9. The zero-order valence-electron chi connectivity index (χ0n) is 23.9. The average molecular weight is 603 g/mol. The molecule has 0 aliphatic carbocycles. The summed E-state index contributed by atoms with van der Waals surface area (Å²) in [5, 5.41) is 14.8. The molecular formula is C28H38N6O5S2. The van der Waals surface area contributed by atoms with Crippen molar-refractivity contribution in [1.29, 1.82) is 0 Å². The fourth-order valence-corrected chi connectivity index (χ4v) is 7.57. The predicted octanol–water partition coefficient (Wildman–Crippen LogP) is 4.06. The van der Waals surface area contributed by atoms with E-state index in [1.807, 2.05) is 27.7 Å². The molecule has 1 N–H and O–H groups in total. The van der Waals surface area contributed by atoms with Crippen LogP contribution < -0.4 is 10.2 Å². The van der Waals surface area contributed by atoms with Crippen molar-refractivity contribution >= 4 is 48.3 Å². The Labute approximate surface area is 245 Å². The highest BCUT2D eigenvalue weighted by atomic mass is 32.2. The van der Waals surface area contributed by atoms with Crippen LogP contribution >= 0.6 is 11.3 Å². The molecule has 2 heterocycles. The van der Waals surface area contributed by atoms with Crippen molar-refractivity contribution in [3.8, 4) is 0 Å². The lowest BCUT2D eigenvalue weighted by atomic mass is 10.2. The largest absolute Gasteiger partial charge is 0.351 e. The van der Waals surface area contributed by atoms with Crippen molar-refractivity contribution < 1.29 is 18.1 Å². The van der Waals surface area contributed by atoms with Gasteiger partial charge < -0.3 is 10.2 Å². The van der Waals surface area contributed by atoms with E-state index in [9.17, 15) is 23.3 Å². The second-order valence-corrected chi connectivity index (χ2v) is 14.1. The quantitative estimate of drug-likeness (QED) is 0.243. The lowest BCUT2D eigenvalue weighted by Gasteiger charge is -2.34. The molecule has 0 radical (unpaired) electrons. The maximum atomic E-state index is 13.2. The van der Waals surface area contributed by atoms with E-state index in [0.29, 0.717) is 31.7 Å². The van der Waals surface area contributed by atoms with Crippen LogP contribution in [0.3, 0.4) is 0 Å². The number of nitrogens with one attached hydrogen (secondary N) is 1. The van der Waals surface area contributed by atoms with Gasteiger partial charge in [0.05, 0.1) is 20.0 Å². The first-order valence-corrected chi connectivity index (χ1v) is 16.1. The Bertz CT molecular complexity index is 1450. The van der Waals surface area contributed by atoms with Crippen LogP contribution in [0.4, 0.5) is 10.8 Å². The first-order chi connectivity index (χ1) is 19.4. The van der Waals surface area contributed by atoms with Crippen LogP contribution in [0.2, 0.25) is 0 Å². The van der Waals surface area contributed by atoms with Gasteiger partial charge in [-0.2, -0.15) is 4.31 Å². The van der Waals surface area contributed by atoms with Crippen LogP contribution in [-0.4, -0.2) is 85.8 Å². The maximum Gasteiger partial charge on any atom is 0.270 e. The maximum absolute atomic E-state index is 13.2. The van der Waals surface area contributed by atoms with E-state index in [2.05, 4.69) is 20.1 Å². The van der Waals surface area contributed by atoms with Gasteiger partial charge in [-0.05, 0) is 42.2 Å². The molecule has 1 aromatic heterocycles. The molecule has 4 rings (SSSR count). The minimum absolute atomic E-state index is 0.0652. The summed E-state index contributed by atoms with van der Waals surface area (Å²) in [4.78, 5) is 32.7. The van der Waals surface area contributed by atoms with Crippen LogP contribution in [0, 0.1) is 22.0 Å². The molecule has 0 bridgehead atoms. The Hall–Kier alpha value is -3.13. The fourth-order valence-electron chi connectivity index (χ4n) is 4.76. The van der Waals surface area contributed by atoms with Gasteiger partial charge in [0.1, 0.15) is 0 Å². The van der Waals surface area contributed by atoms with E-state index in [1.54, 1.807) is 24.3 Å². The average Bonchev–Trinajstić information content (AvgIpc) is 3.36. The number of anilines is 1. The number of sulfonamides is 1. The monoisotopic (exact) mass is 602 g/mol. The third-order valence-corrected chi connectivity index (χ3v) is 9.74. The van der Waals surface area contributed by atoms with Gasteiger partial charge in [-0.25, -0.2) is 13.4 Å². The zero-order chi connectivity index (χ0) is 29.7. The number of rotatable bonds is 12. The number of carbonyl (C=O) groups excluding carboxylic acids is 1. The molecule has 0 spiro atoms. The molecule has 0 saturated carbocycles. The van der Waals surface area contributed by atoms with Gasteiger partial charge in [0.15, 0.2) is 5.13 Å². The van der Waals surface area contributed by atoms with Crippen LogP contribution in [0.5, 0.6) is 0 Å². The summed E-state index contributed by atoms with van der Waals surface area (Å²) in [5.74, 6) is 0.169. The molecule has 1 aliphatic rings. The Morgan fingerprint density at radius 3 is 2.27 bits per heavy atom. The van der Waals surface area contributed by atoms with Crippen molar-refractivity contribution in [3.63, 3.8) is 0 Å². The standard InChI is InChI=1S/C28H38N6O5S2/c1-20(2)18-33(19-21(3)4)41(38,39)24-8-5-22(6-9-24)27(35)29-11-12-31-13-15-32(16-14-31)28-30-25-10-7-23(34(36)37)17-26(25)40-28/h5-10,17,20-21H,11-16,18-19H2,1-4H3,(H,29,35). The van der Waals surface area contributed by atoms with Crippen LogP contribution in [0.15, 0.2) is 47.4 Å². The van der Waals surface area contributed by atoms with Gasteiger partial charge in [-0.15, -0.1) is 0 Å². The number of nitro groups is 1. The number of hydrogen-bond acceptors (Lipinski definition) is 9. The summed E-state index contributed by atoms with van der Waals surface area (Å²) in [6.07, 6.45) is 0. The van der Waals surface area contributed by atoms with Gasteiger partial charge in [-0.3, -0.25) is 19.8 Å². The first-order valence-electron chi connectivity index (χ1n) is 13.8. The minimum Gasteiger partial charge on any atom is -0.351 e. The normalized spacial score (nSPS) is 14.9. The minimum atomic E-state index is -3.64. The Morgan fingerprint density at radius 1 is 1.05 bits per heavy atom. The molecule has 1 saturated heterocycles.